The van der Waals surface area contributed by atoms with E-state index in [0.717, 1.165) is 17.7 Å². The van der Waals surface area contributed by atoms with Crippen LogP contribution in [-0.4, -0.2) is 32.7 Å². The molecule has 0 unspecified atom stereocenters. The fourth-order valence-electron chi connectivity index (χ4n) is 2.39. The number of nitrogens with two attached hydrogens (primary N) is 3. The number of primary sulfonamides is 2. The summed E-state index contributed by atoms with van der Waals surface area (Å²) in [5.41, 5.74) is 6.60. The number of rotatable bonds is 4. The molecule has 0 spiro atoms. The molecule has 2 aromatic rings. The van der Waals surface area contributed by atoms with E-state index in [1.165, 1.54) is 0 Å². The first-order chi connectivity index (χ1) is 11.7. The summed E-state index contributed by atoms with van der Waals surface area (Å²) in [4.78, 5) is 18.6. The van der Waals surface area contributed by atoms with Gasteiger partial charge in [0.15, 0.2) is 5.82 Å². The Bertz CT molecular complexity index is 1120. The Hall–Kier alpha value is -2.41. The standard InChI is InChI=1S/C14H17N5O5S2/c1-6-7(2)18-14(19-8(6)3)9-4-5-10(25(16,21)22)12(26(17,23)24)11(9)13(15)20/h4-5H,1-3H3,(H2,15,20)(H2,16,21,22)(H2,17,23,24). The maximum Gasteiger partial charge on any atom is 0.250 e. The fraction of sp³-hybridized carbons (Fsp3) is 0.214. The monoisotopic (exact) mass is 399 g/mol. The lowest BCUT2D eigenvalue weighted by Gasteiger charge is -2.15. The quantitative estimate of drug-likeness (QED) is 0.615. The van der Waals surface area contributed by atoms with Gasteiger partial charge in [-0.1, -0.05) is 0 Å². The highest BCUT2D eigenvalue weighted by molar-refractivity contribution is 7.92. The summed E-state index contributed by atoms with van der Waals surface area (Å²) >= 11 is 0. The van der Waals surface area contributed by atoms with Gasteiger partial charge in [0.2, 0.25) is 20.0 Å². The summed E-state index contributed by atoms with van der Waals surface area (Å²) in [6.45, 7) is 5.21. The van der Waals surface area contributed by atoms with Crippen LogP contribution in [0.15, 0.2) is 21.9 Å². The van der Waals surface area contributed by atoms with Crippen LogP contribution in [0.3, 0.4) is 0 Å². The van der Waals surface area contributed by atoms with Gasteiger partial charge in [-0.05, 0) is 38.5 Å². The summed E-state index contributed by atoms with van der Waals surface area (Å²) in [6.07, 6.45) is 0. The average molecular weight is 399 g/mol. The SMILES string of the molecule is Cc1nc(-c2ccc(S(N)(=O)=O)c(S(N)(=O)=O)c2C(N)=O)nc(C)c1C. The molecule has 1 amide bonds. The van der Waals surface area contributed by atoms with Gasteiger partial charge in [-0.2, -0.15) is 0 Å². The number of nitrogens with zero attached hydrogens (tertiary/aromatic N) is 2. The average Bonchev–Trinajstić information content (AvgIpc) is 2.48. The molecule has 0 saturated heterocycles. The molecule has 0 fully saturated rings. The van der Waals surface area contributed by atoms with E-state index in [2.05, 4.69) is 9.97 Å². The summed E-state index contributed by atoms with van der Waals surface area (Å²) in [6, 6.07) is 2.09. The van der Waals surface area contributed by atoms with Gasteiger partial charge in [0, 0.05) is 17.0 Å². The number of aromatic nitrogens is 2. The molecule has 10 nitrogen and oxygen atoms in total. The maximum atomic E-state index is 12.0. The van der Waals surface area contributed by atoms with Crippen molar-refractivity contribution >= 4 is 26.0 Å². The number of carbonyl (C=O) groups excluding carboxylic acids is 1. The largest absolute Gasteiger partial charge is 0.366 e. The molecular formula is C14H17N5O5S2. The van der Waals surface area contributed by atoms with Gasteiger partial charge in [0.25, 0.3) is 5.91 Å². The van der Waals surface area contributed by atoms with Crippen molar-refractivity contribution in [2.45, 2.75) is 30.6 Å². The van der Waals surface area contributed by atoms with Crippen molar-refractivity contribution in [1.29, 1.82) is 0 Å². The van der Waals surface area contributed by atoms with Gasteiger partial charge < -0.3 is 5.73 Å². The van der Waals surface area contributed by atoms with Crippen LogP contribution in [-0.2, 0) is 20.0 Å². The van der Waals surface area contributed by atoms with Crippen molar-refractivity contribution in [2.24, 2.45) is 16.0 Å². The van der Waals surface area contributed by atoms with Crippen molar-refractivity contribution in [3.63, 3.8) is 0 Å². The van der Waals surface area contributed by atoms with Crippen LogP contribution in [0, 0.1) is 20.8 Å². The first-order valence-electron chi connectivity index (χ1n) is 7.09. The number of sulfonamides is 2. The molecule has 1 heterocycles. The second kappa shape index (κ2) is 6.39. The highest BCUT2D eigenvalue weighted by atomic mass is 32.2. The number of hydrogen-bond donors (Lipinski definition) is 3. The Balaban J connectivity index is 3.06. The molecule has 2 rings (SSSR count). The second-order valence-electron chi connectivity index (χ2n) is 5.61. The molecule has 1 aromatic heterocycles. The lowest BCUT2D eigenvalue weighted by Crippen LogP contribution is -2.26. The van der Waals surface area contributed by atoms with E-state index in [0.29, 0.717) is 11.4 Å². The second-order valence-corrected chi connectivity index (χ2v) is 8.64. The topological polar surface area (TPSA) is 189 Å². The third-order valence-electron chi connectivity index (χ3n) is 3.83. The molecule has 0 aliphatic carbocycles. The van der Waals surface area contributed by atoms with E-state index in [9.17, 15) is 21.6 Å². The third kappa shape index (κ3) is 3.58. The Labute approximate surface area is 150 Å². The maximum absolute atomic E-state index is 12.0. The Morgan fingerprint density at radius 1 is 0.923 bits per heavy atom. The normalized spacial score (nSPS) is 12.2. The third-order valence-corrected chi connectivity index (χ3v) is 5.91. The van der Waals surface area contributed by atoms with E-state index in [4.69, 9.17) is 16.0 Å². The molecule has 0 aliphatic heterocycles. The molecule has 0 radical (unpaired) electrons. The number of aryl methyl sites for hydroxylation is 2. The minimum atomic E-state index is -4.67. The molecule has 0 saturated carbocycles. The lowest BCUT2D eigenvalue weighted by atomic mass is 10.1. The molecule has 6 N–H and O–H groups in total. The number of hydrogen-bond acceptors (Lipinski definition) is 7. The van der Waals surface area contributed by atoms with Gasteiger partial charge in [-0.15, -0.1) is 0 Å². The molecule has 0 atom stereocenters. The molecule has 0 aliphatic rings. The van der Waals surface area contributed by atoms with Crippen LogP contribution in [0.4, 0.5) is 0 Å². The first kappa shape index (κ1) is 19.9. The number of primary amides is 1. The fourth-order valence-corrected chi connectivity index (χ4v) is 4.55. The summed E-state index contributed by atoms with van der Waals surface area (Å²) in [5, 5.41) is 10.2. The van der Waals surface area contributed by atoms with Crippen molar-refractivity contribution in [3.05, 3.63) is 34.6 Å². The van der Waals surface area contributed by atoms with E-state index >= 15 is 0 Å². The minimum Gasteiger partial charge on any atom is -0.366 e. The smallest absolute Gasteiger partial charge is 0.250 e. The van der Waals surface area contributed by atoms with Crippen LogP contribution in [0.25, 0.3) is 11.4 Å². The van der Waals surface area contributed by atoms with Crippen LogP contribution in [0.2, 0.25) is 0 Å². The number of benzene rings is 1. The van der Waals surface area contributed by atoms with Crippen molar-refractivity contribution in [1.82, 2.24) is 9.97 Å². The van der Waals surface area contributed by atoms with Crippen LogP contribution >= 0.6 is 0 Å². The number of carbonyl (C=O) groups is 1. The van der Waals surface area contributed by atoms with Gasteiger partial charge in [0.1, 0.15) is 9.79 Å². The predicted octanol–water partition coefficient (Wildman–Crippen LogP) is -0.537. The first-order valence-corrected chi connectivity index (χ1v) is 10.2. The highest BCUT2D eigenvalue weighted by Gasteiger charge is 2.31. The van der Waals surface area contributed by atoms with E-state index < -0.39 is 41.3 Å². The van der Waals surface area contributed by atoms with Crippen molar-refractivity contribution in [2.75, 3.05) is 0 Å². The van der Waals surface area contributed by atoms with E-state index in [1.54, 1.807) is 20.8 Å². The van der Waals surface area contributed by atoms with Gasteiger partial charge >= 0.3 is 0 Å². The zero-order valence-electron chi connectivity index (χ0n) is 14.1. The minimum absolute atomic E-state index is 0.00488. The van der Waals surface area contributed by atoms with Crippen molar-refractivity contribution < 1.29 is 21.6 Å². The lowest BCUT2D eigenvalue weighted by molar-refractivity contribution is 0.0997. The number of amides is 1. The molecular weight excluding hydrogens is 382 g/mol. The van der Waals surface area contributed by atoms with E-state index in [-0.39, 0.29) is 11.4 Å². The predicted molar refractivity (Wildman–Crippen MR) is 92.9 cm³/mol. The summed E-state index contributed by atoms with van der Waals surface area (Å²) in [7, 11) is -9.17. The molecule has 1 aromatic carbocycles. The highest BCUT2D eigenvalue weighted by Crippen LogP contribution is 2.31. The van der Waals surface area contributed by atoms with E-state index in [1.807, 2.05) is 0 Å². The van der Waals surface area contributed by atoms with Crippen molar-refractivity contribution in [3.8, 4) is 11.4 Å². The Kier molecular flexibility index (Phi) is 4.89. The van der Waals surface area contributed by atoms with Gasteiger partial charge in [-0.3, -0.25) is 4.79 Å². The molecule has 140 valence electrons. The van der Waals surface area contributed by atoms with Crippen LogP contribution in [0.1, 0.15) is 27.3 Å². The summed E-state index contributed by atoms with van der Waals surface area (Å²) in [5.74, 6) is -1.21. The van der Waals surface area contributed by atoms with Crippen LogP contribution < -0.4 is 16.0 Å². The van der Waals surface area contributed by atoms with Gasteiger partial charge in [0.05, 0.1) is 5.56 Å². The zero-order valence-corrected chi connectivity index (χ0v) is 15.8. The molecule has 26 heavy (non-hydrogen) atoms. The summed E-state index contributed by atoms with van der Waals surface area (Å²) < 4.78 is 47.5. The van der Waals surface area contributed by atoms with Crippen LogP contribution in [0.5, 0.6) is 0 Å². The Morgan fingerprint density at radius 2 is 1.42 bits per heavy atom. The Morgan fingerprint density at radius 3 is 1.81 bits per heavy atom. The van der Waals surface area contributed by atoms with Gasteiger partial charge in [-0.25, -0.2) is 37.1 Å². The molecule has 12 heteroatoms. The molecule has 0 bridgehead atoms. The zero-order chi connectivity index (χ0) is 20.0.